The van der Waals surface area contributed by atoms with Gasteiger partial charge in [0.1, 0.15) is 0 Å². The predicted octanol–water partition coefficient (Wildman–Crippen LogP) is 3.68. The van der Waals surface area contributed by atoms with E-state index in [4.69, 9.17) is 0 Å². The molecule has 0 aliphatic rings. The normalized spacial score (nSPS) is 12.5. The number of nitrogens with zero attached hydrogens (tertiary/aromatic N) is 1. The summed E-state index contributed by atoms with van der Waals surface area (Å²) in [4.78, 5) is 2.41. The van der Waals surface area contributed by atoms with Crippen molar-refractivity contribution in [3.8, 4) is 0 Å². The lowest BCUT2D eigenvalue weighted by atomic mass is 10.1. The van der Waals surface area contributed by atoms with E-state index in [-0.39, 0.29) is 0 Å². The van der Waals surface area contributed by atoms with Gasteiger partial charge >= 0.3 is 0 Å². The van der Waals surface area contributed by atoms with E-state index in [1.54, 1.807) is 0 Å². The van der Waals surface area contributed by atoms with Crippen LogP contribution in [-0.4, -0.2) is 31.6 Å². The summed E-state index contributed by atoms with van der Waals surface area (Å²) in [6.07, 6.45) is 3.41. The first-order valence-electron chi connectivity index (χ1n) is 7.12. The molecule has 0 amide bonds. The molecule has 0 saturated heterocycles. The molecule has 1 aromatic rings. The topological polar surface area (TPSA) is 15.3 Å². The second-order valence-corrected chi connectivity index (χ2v) is 6.13. The van der Waals surface area contributed by atoms with Crippen LogP contribution in [0.4, 0.5) is 5.69 Å². The van der Waals surface area contributed by atoms with Gasteiger partial charge in [0.15, 0.2) is 0 Å². The highest BCUT2D eigenvalue weighted by Crippen LogP contribution is 2.23. The molecule has 1 unspecified atom stereocenters. The summed E-state index contributed by atoms with van der Waals surface area (Å²) in [6, 6.07) is 7.39. The van der Waals surface area contributed by atoms with Gasteiger partial charge in [0.25, 0.3) is 0 Å². The van der Waals surface area contributed by atoms with Gasteiger partial charge in [-0.3, -0.25) is 0 Å². The summed E-state index contributed by atoms with van der Waals surface area (Å²) in [6.45, 7) is 8.64. The molecule has 0 heterocycles. The van der Waals surface area contributed by atoms with Crippen molar-refractivity contribution >= 4 is 17.4 Å². The molecular weight excluding hydrogens is 252 g/mol. The highest BCUT2D eigenvalue weighted by atomic mass is 32.2. The van der Waals surface area contributed by atoms with Crippen LogP contribution in [0.25, 0.3) is 0 Å². The molecule has 1 aromatic carbocycles. The van der Waals surface area contributed by atoms with Crippen LogP contribution in [0, 0.1) is 6.92 Å². The third-order valence-electron chi connectivity index (χ3n) is 3.62. The SMILES string of the molecule is CCNCc1ccc(N(C)C(C)CCSC)c(C)c1. The van der Waals surface area contributed by atoms with Crippen LogP contribution in [0.3, 0.4) is 0 Å². The number of hydrogen-bond acceptors (Lipinski definition) is 3. The Morgan fingerprint density at radius 3 is 2.68 bits per heavy atom. The number of aryl methyl sites for hydroxylation is 1. The summed E-state index contributed by atoms with van der Waals surface area (Å²) in [5.41, 5.74) is 4.09. The van der Waals surface area contributed by atoms with Crippen molar-refractivity contribution in [1.82, 2.24) is 5.32 Å². The molecule has 19 heavy (non-hydrogen) atoms. The fourth-order valence-electron chi connectivity index (χ4n) is 2.21. The molecule has 0 saturated carbocycles. The second-order valence-electron chi connectivity index (χ2n) is 5.14. The summed E-state index contributed by atoms with van der Waals surface area (Å²) in [7, 11) is 2.21. The van der Waals surface area contributed by atoms with Gasteiger partial charge < -0.3 is 10.2 Å². The van der Waals surface area contributed by atoms with Crippen molar-refractivity contribution in [2.24, 2.45) is 0 Å². The van der Waals surface area contributed by atoms with Crippen LogP contribution in [0.15, 0.2) is 18.2 Å². The molecule has 0 spiro atoms. The lowest BCUT2D eigenvalue weighted by Gasteiger charge is -2.28. The minimum atomic E-state index is 0.589. The van der Waals surface area contributed by atoms with E-state index >= 15 is 0 Å². The summed E-state index contributed by atoms with van der Waals surface area (Å²) < 4.78 is 0. The largest absolute Gasteiger partial charge is 0.372 e. The van der Waals surface area contributed by atoms with Crippen molar-refractivity contribution in [2.45, 2.75) is 39.8 Å². The molecular formula is C16H28N2S. The molecule has 1 N–H and O–H groups in total. The number of thioether (sulfide) groups is 1. The number of benzene rings is 1. The van der Waals surface area contributed by atoms with Crippen LogP contribution in [0.2, 0.25) is 0 Å². The van der Waals surface area contributed by atoms with Crippen LogP contribution >= 0.6 is 11.8 Å². The smallest absolute Gasteiger partial charge is 0.0395 e. The molecule has 0 radical (unpaired) electrons. The molecule has 2 nitrogen and oxygen atoms in total. The zero-order valence-electron chi connectivity index (χ0n) is 13.0. The Morgan fingerprint density at radius 1 is 1.37 bits per heavy atom. The van der Waals surface area contributed by atoms with Crippen molar-refractivity contribution in [3.05, 3.63) is 29.3 Å². The van der Waals surface area contributed by atoms with Gasteiger partial charge in [0.05, 0.1) is 0 Å². The Labute approximate surface area is 123 Å². The van der Waals surface area contributed by atoms with Crippen molar-refractivity contribution in [3.63, 3.8) is 0 Å². The number of hydrogen-bond donors (Lipinski definition) is 1. The second kappa shape index (κ2) is 8.49. The van der Waals surface area contributed by atoms with E-state index in [0.29, 0.717) is 6.04 Å². The average Bonchev–Trinajstić information content (AvgIpc) is 2.41. The lowest BCUT2D eigenvalue weighted by molar-refractivity contribution is 0.667. The van der Waals surface area contributed by atoms with E-state index in [1.165, 1.54) is 29.0 Å². The highest BCUT2D eigenvalue weighted by Gasteiger charge is 2.11. The molecule has 0 aromatic heterocycles. The number of anilines is 1. The Balaban J connectivity index is 2.72. The first kappa shape index (κ1) is 16.4. The van der Waals surface area contributed by atoms with E-state index in [9.17, 15) is 0 Å². The summed E-state index contributed by atoms with van der Waals surface area (Å²) in [5, 5.41) is 3.37. The van der Waals surface area contributed by atoms with Gasteiger partial charge in [-0.2, -0.15) is 11.8 Å². The fraction of sp³-hybridized carbons (Fsp3) is 0.625. The minimum Gasteiger partial charge on any atom is -0.372 e. The monoisotopic (exact) mass is 280 g/mol. The Kier molecular flexibility index (Phi) is 7.32. The van der Waals surface area contributed by atoms with Gasteiger partial charge in [-0.1, -0.05) is 19.1 Å². The number of nitrogens with one attached hydrogen (secondary N) is 1. The van der Waals surface area contributed by atoms with Gasteiger partial charge in [-0.25, -0.2) is 0 Å². The zero-order valence-corrected chi connectivity index (χ0v) is 13.8. The van der Waals surface area contributed by atoms with Crippen molar-refractivity contribution < 1.29 is 0 Å². The van der Waals surface area contributed by atoms with Crippen LogP contribution in [0.5, 0.6) is 0 Å². The lowest BCUT2D eigenvalue weighted by Crippen LogP contribution is -2.30. The van der Waals surface area contributed by atoms with Crippen LogP contribution < -0.4 is 10.2 Å². The first-order valence-corrected chi connectivity index (χ1v) is 8.51. The van der Waals surface area contributed by atoms with E-state index < -0.39 is 0 Å². The molecule has 0 aliphatic heterocycles. The molecule has 3 heteroatoms. The van der Waals surface area contributed by atoms with Gasteiger partial charge in [0, 0.05) is 25.3 Å². The summed E-state index contributed by atoms with van der Waals surface area (Å²) >= 11 is 1.92. The van der Waals surface area contributed by atoms with Crippen molar-refractivity contribution in [2.75, 3.05) is 30.5 Å². The van der Waals surface area contributed by atoms with Crippen LogP contribution in [0.1, 0.15) is 31.4 Å². The fourth-order valence-corrected chi connectivity index (χ4v) is 2.79. The van der Waals surface area contributed by atoms with E-state index in [1.807, 2.05) is 11.8 Å². The minimum absolute atomic E-state index is 0.589. The molecule has 1 atom stereocenters. The van der Waals surface area contributed by atoms with Gasteiger partial charge in [0.2, 0.25) is 0 Å². The Hall–Kier alpha value is -0.670. The van der Waals surface area contributed by atoms with Crippen LogP contribution in [-0.2, 0) is 6.54 Å². The molecule has 108 valence electrons. The Bertz CT molecular complexity index is 379. The average molecular weight is 280 g/mol. The highest BCUT2D eigenvalue weighted by molar-refractivity contribution is 7.98. The predicted molar refractivity (Wildman–Crippen MR) is 89.4 cm³/mol. The van der Waals surface area contributed by atoms with E-state index in [0.717, 1.165) is 13.1 Å². The van der Waals surface area contributed by atoms with Gasteiger partial charge in [-0.15, -0.1) is 0 Å². The number of rotatable bonds is 8. The van der Waals surface area contributed by atoms with Crippen molar-refractivity contribution in [1.29, 1.82) is 0 Å². The quantitative estimate of drug-likeness (QED) is 0.782. The van der Waals surface area contributed by atoms with Gasteiger partial charge in [-0.05, 0) is 56.0 Å². The first-order chi connectivity index (χ1) is 9.10. The molecule has 1 rings (SSSR count). The maximum atomic E-state index is 3.37. The standard InChI is InChI=1S/C16H28N2S/c1-6-17-12-15-7-8-16(13(2)11-15)18(4)14(3)9-10-19-5/h7-8,11,14,17H,6,9-10,12H2,1-5H3. The maximum absolute atomic E-state index is 3.37. The maximum Gasteiger partial charge on any atom is 0.0395 e. The molecule has 0 aliphatic carbocycles. The Morgan fingerprint density at radius 2 is 2.11 bits per heavy atom. The summed E-state index contributed by atoms with van der Waals surface area (Å²) in [5.74, 6) is 1.23. The third kappa shape index (κ3) is 5.07. The van der Waals surface area contributed by atoms with E-state index in [2.05, 4.69) is 62.5 Å². The third-order valence-corrected chi connectivity index (χ3v) is 4.27. The zero-order chi connectivity index (χ0) is 14.3. The molecule has 0 bridgehead atoms. The molecule has 0 fully saturated rings.